The number of rotatable bonds is 8. The predicted octanol–water partition coefficient (Wildman–Crippen LogP) is 3.65. The third kappa shape index (κ3) is 4.21. The topological polar surface area (TPSA) is 20.3 Å². The highest BCUT2D eigenvalue weighted by molar-refractivity contribution is 5.92. The zero-order valence-electron chi connectivity index (χ0n) is 10.4. The van der Waals surface area contributed by atoms with E-state index in [2.05, 4.69) is 13.5 Å². The third-order valence-corrected chi connectivity index (χ3v) is 3.02. The average Bonchev–Trinajstić information content (AvgIpc) is 2.59. The highest BCUT2D eigenvalue weighted by Crippen LogP contribution is 2.14. The summed E-state index contributed by atoms with van der Waals surface area (Å²) >= 11 is 0. The van der Waals surface area contributed by atoms with Crippen LogP contribution in [0.2, 0.25) is 0 Å². The van der Waals surface area contributed by atoms with E-state index in [4.69, 9.17) is 0 Å². The smallest absolute Gasteiger partial charge is 0.251 e. The summed E-state index contributed by atoms with van der Waals surface area (Å²) in [5.74, 6) is 0.0935. The van der Waals surface area contributed by atoms with Crippen LogP contribution in [-0.2, 0) is 4.79 Å². The highest BCUT2D eigenvalue weighted by Gasteiger charge is 2.17. The van der Waals surface area contributed by atoms with E-state index in [-0.39, 0.29) is 5.91 Å². The second-order valence-electron chi connectivity index (χ2n) is 4.44. The maximum atomic E-state index is 11.4. The number of unbranched alkanes of at least 4 members (excludes halogenated alkanes) is 6. The summed E-state index contributed by atoms with van der Waals surface area (Å²) in [6.07, 6.45) is 12.3. The summed E-state index contributed by atoms with van der Waals surface area (Å²) in [5, 5.41) is 0. The zero-order chi connectivity index (χ0) is 11.8. The number of carbonyl (C=O) groups excluding carboxylic acids is 1. The molecule has 0 aliphatic carbocycles. The van der Waals surface area contributed by atoms with Gasteiger partial charge in [0.2, 0.25) is 0 Å². The van der Waals surface area contributed by atoms with Crippen molar-refractivity contribution in [1.82, 2.24) is 4.90 Å². The lowest BCUT2D eigenvalue weighted by Crippen LogP contribution is -2.24. The molecule has 0 bridgehead atoms. The molecule has 0 atom stereocenters. The van der Waals surface area contributed by atoms with E-state index in [1.165, 1.54) is 38.5 Å². The molecule has 0 aromatic heterocycles. The van der Waals surface area contributed by atoms with E-state index in [1.54, 1.807) is 17.1 Å². The number of allylic oxidation sites excluding steroid dienone is 1. The molecule has 0 radical (unpaired) electrons. The van der Waals surface area contributed by atoms with Crippen LogP contribution in [0.5, 0.6) is 0 Å². The Balaban J connectivity index is 1.99. The minimum atomic E-state index is 0.0935. The van der Waals surface area contributed by atoms with Crippen LogP contribution in [0.1, 0.15) is 51.9 Å². The molecule has 0 aromatic rings. The second-order valence-corrected chi connectivity index (χ2v) is 4.44. The minimum Gasteiger partial charge on any atom is -0.309 e. The van der Waals surface area contributed by atoms with E-state index < -0.39 is 0 Å². The van der Waals surface area contributed by atoms with E-state index in [0.717, 1.165) is 18.7 Å². The molecule has 0 saturated heterocycles. The van der Waals surface area contributed by atoms with Gasteiger partial charge in [-0.3, -0.25) is 4.79 Å². The van der Waals surface area contributed by atoms with Crippen molar-refractivity contribution in [3.05, 3.63) is 24.4 Å². The van der Waals surface area contributed by atoms with Gasteiger partial charge in [-0.25, -0.2) is 0 Å². The lowest BCUT2D eigenvalue weighted by Gasteiger charge is -2.16. The molecule has 0 spiro atoms. The summed E-state index contributed by atoms with van der Waals surface area (Å²) in [4.78, 5) is 13.1. The maximum absolute atomic E-state index is 11.4. The van der Waals surface area contributed by atoms with E-state index >= 15 is 0 Å². The van der Waals surface area contributed by atoms with Crippen molar-refractivity contribution in [3.8, 4) is 0 Å². The predicted molar refractivity (Wildman–Crippen MR) is 68.0 cm³/mol. The van der Waals surface area contributed by atoms with E-state index in [1.807, 2.05) is 0 Å². The first-order valence-electron chi connectivity index (χ1n) is 6.44. The van der Waals surface area contributed by atoms with Crippen LogP contribution in [-0.4, -0.2) is 17.4 Å². The first kappa shape index (κ1) is 13.0. The van der Waals surface area contributed by atoms with Gasteiger partial charge in [-0.2, -0.15) is 0 Å². The molecule has 90 valence electrons. The summed E-state index contributed by atoms with van der Waals surface area (Å²) < 4.78 is 0. The number of carbonyl (C=O) groups is 1. The Morgan fingerprint density at radius 1 is 1.06 bits per heavy atom. The molecular weight excluding hydrogens is 198 g/mol. The standard InChI is InChI=1S/C14H23NO/c1-3-4-5-6-7-8-9-12-15-13(2)10-11-14(15)16/h10-11H,2-9,12H2,1H3. The van der Waals surface area contributed by atoms with Crippen LogP contribution in [0, 0.1) is 0 Å². The summed E-state index contributed by atoms with van der Waals surface area (Å²) in [7, 11) is 0. The SMILES string of the molecule is C=C1C=CC(=O)N1CCCCCCCCC. The Kier molecular flexibility index (Phi) is 5.91. The van der Waals surface area contributed by atoms with Crippen LogP contribution < -0.4 is 0 Å². The van der Waals surface area contributed by atoms with E-state index in [0.29, 0.717) is 0 Å². The average molecular weight is 221 g/mol. The van der Waals surface area contributed by atoms with Crippen LogP contribution in [0.25, 0.3) is 0 Å². The van der Waals surface area contributed by atoms with Crippen molar-refractivity contribution >= 4 is 5.91 Å². The van der Waals surface area contributed by atoms with Gasteiger partial charge in [0.1, 0.15) is 0 Å². The number of nitrogens with zero attached hydrogens (tertiary/aromatic N) is 1. The van der Waals surface area contributed by atoms with Gasteiger partial charge < -0.3 is 4.90 Å². The lowest BCUT2D eigenvalue weighted by molar-refractivity contribution is -0.123. The molecule has 0 N–H and O–H groups in total. The van der Waals surface area contributed by atoms with Gasteiger partial charge in [-0.15, -0.1) is 0 Å². The van der Waals surface area contributed by atoms with Gasteiger partial charge in [0.15, 0.2) is 0 Å². The molecule has 0 fully saturated rings. The van der Waals surface area contributed by atoms with Crippen molar-refractivity contribution in [3.63, 3.8) is 0 Å². The van der Waals surface area contributed by atoms with Crippen molar-refractivity contribution in [2.75, 3.05) is 6.54 Å². The molecule has 2 nitrogen and oxygen atoms in total. The number of hydrogen-bond acceptors (Lipinski definition) is 1. The fourth-order valence-corrected chi connectivity index (χ4v) is 1.97. The zero-order valence-corrected chi connectivity index (χ0v) is 10.4. The van der Waals surface area contributed by atoms with Crippen LogP contribution in [0.4, 0.5) is 0 Å². The van der Waals surface area contributed by atoms with Gasteiger partial charge in [0, 0.05) is 18.3 Å². The number of hydrogen-bond donors (Lipinski definition) is 0. The van der Waals surface area contributed by atoms with Gasteiger partial charge in [-0.1, -0.05) is 52.0 Å². The van der Waals surface area contributed by atoms with Crippen LogP contribution >= 0.6 is 0 Å². The molecule has 16 heavy (non-hydrogen) atoms. The first-order chi connectivity index (χ1) is 7.75. The maximum Gasteiger partial charge on any atom is 0.251 e. The molecule has 1 heterocycles. The Morgan fingerprint density at radius 2 is 1.69 bits per heavy atom. The molecule has 1 amide bonds. The molecule has 0 aromatic carbocycles. The Bertz CT molecular complexity index is 250. The fourth-order valence-electron chi connectivity index (χ4n) is 1.97. The minimum absolute atomic E-state index is 0.0935. The molecule has 0 saturated carbocycles. The largest absolute Gasteiger partial charge is 0.309 e. The Labute approximate surface area is 99.0 Å². The van der Waals surface area contributed by atoms with Crippen molar-refractivity contribution < 1.29 is 4.79 Å². The van der Waals surface area contributed by atoms with Gasteiger partial charge >= 0.3 is 0 Å². The summed E-state index contributed by atoms with van der Waals surface area (Å²) in [6.45, 7) is 6.91. The second kappa shape index (κ2) is 7.26. The van der Waals surface area contributed by atoms with Crippen LogP contribution in [0.15, 0.2) is 24.4 Å². The Morgan fingerprint density at radius 3 is 2.25 bits per heavy atom. The Hall–Kier alpha value is -1.05. The highest BCUT2D eigenvalue weighted by atomic mass is 16.2. The molecule has 0 unspecified atom stereocenters. The fraction of sp³-hybridized carbons (Fsp3) is 0.643. The molecule has 2 heteroatoms. The van der Waals surface area contributed by atoms with Crippen molar-refractivity contribution in [2.45, 2.75) is 51.9 Å². The lowest BCUT2D eigenvalue weighted by atomic mass is 10.1. The normalized spacial score (nSPS) is 15.2. The molecule has 1 aliphatic heterocycles. The molecular formula is C14H23NO. The molecule has 1 aliphatic rings. The molecule has 1 rings (SSSR count). The number of amides is 1. The van der Waals surface area contributed by atoms with Gasteiger partial charge in [0.25, 0.3) is 5.91 Å². The monoisotopic (exact) mass is 221 g/mol. The van der Waals surface area contributed by atoms with Gasteiger partial charge in [0.05, 0.1) is 0 Å². The summed E-state index contributed by atoms with van der Waals surface area (Å²) in [5.41, 5.74) is 0.844. The third-order valence-electron chi connectivity index (χ3n) is 3.02. The van der Waals surface area contributed by atoms with Crippen LogP contribution in [0.3, 0.4) is 0 Å². The van der Waals surface area contributed by atoms with Gasteiger partial charge in [-0.05, 0) is 12.5 Å². The quantitative estimate of drug-likeness (QED) is 0.573. The van der Waals surface area contributed by atoms with Crippen molar-refractivity contribution in [1.29, 1.82) is 0 Å². The summed E-state index contributed by atoms with van der Waals surface area (Å²) in [6, 6.07) is 0. The first-order valence-corrected chi connectivity index (χ1v) is 6.44. The van der Waals surface area contributed by atoms with Crippen molar-refractivity contribution in [2.24, 2.45) is 0 Å². The van der Waals surface area contributed by atoms with E-state index in [9.17, 15) is 4.79 Å².